The van der Waals surface area contributed by atoms with Gasteiger partial charge in [0.25, 0.3) is 0 Å². The number of aryl methyl sites for hydroxylation is 2. The Morgan fingerprint density at radius 1 is 0.646 bits per heavy atom. The molecule has 5 aromatic heterocycles. The maximum atomic E-state index is 12.3. The second kappa shape index (κ2) is 26.6. The van der Waals surface area contributed by atoms with Crippen LogP contribution >= 0.6 is 0 Å². The zero-order valence-corrected chi connectivity index (χ0v) is 47.2. The minimum absolute atomic E-state index is 0.200. The zero-order valence-electron chi connectivity index (χ0n) is 47.2. The molecule has 0 bridgehead atoms. The first-order valence-corrected chi connectivity index (χ1v) is 27.8. The maximum Gasteiger partial charge on any atom is 0.410 e. The topological polar surface area (TPSA) is 233 Å². The molecule has 2 aromatic carbocycles. The highest BCUT2D eigenvalue weighted by Crippen LogP contribution is 2.28. The minimum atomic E-state index is -0.455. The van der Waals surface area contributed by atoms with Gasteiger partial charge in [0.1, 0.15) is 40.4 Å². The van der Waals surface area contributed by atoms with E-state index >= 15 is 0 Å². The molecule has 21 heteroatoms. The largest absolute Gasteiger partial charge is 0.494 e. The normalized spacial score (nSPS) is 14.4. The van der Waals surface area contributed by atoms with Crippen molar-refractivity contribution in [1.29, 1.82) is 0 Å². The van der Waals surface area contributed by atoms with Crippen LogP contribution in [0.5, 0.6) is 11.5 Å². The van der Waals surface area contributed by atoms with Gasteiger partial charge in [-0.05, 0) is 173 Å². The van der Waals surface area contributed by atoms with Crippen molar-refractivity contribution in [3.63, 3.8) is 0 Å². The van der Waals surface area contributed by atoms with E-state index in [2.05, 4.69) is 47.0 Å². The summed E-state index contributed by atoms with van der Waals surface area (Å²) in [7, 11) is 0. The molecule has 21 nitrogen and oxygen atoms in total. The average Bonchev–Trinajstić information content (AvgIpc) is 4.33. The molecule has 0 atom stereocenters. The number of fused-ring (bicyclic) bond motifs is 1. The van der Waals surface area contributed by atoms with Gasteiger partial charge in [0.2, 0.25) is 5.95 Å². The van der Waals surface area contributed by atoms with E-state index in [1.165, 1.54) is 0 Å². The Morgan fingerprint density at radius 2 is 1.20 bits per heavy atom. The van der Waals surface area contributed by atoms with Crippen LogP contribution in [-0.2, 0) is 29.0 Å². The average molecular weight is 1080 g/mol. The van der Waals surface area contributed by atoms with E-state index < -0.39 is 11.2 Å². The number of carbonyl (C=O) groups is 2. The lowest BCUT2D eigenvalue weighted by atomic mass is 9.92. The molecule has 4 N–H and O–H groups in total. The first kappa shape index (κ1) is 57.2. The maximum absolute atomic E-state index is 12.3. The lowest BCUT2D eigenvalue weighted by Gasteiger charge is -2.33. The number of hydrogen-bond donors (Lipinski definition) is 3. The van der Waals surface area contributed by atoms with E-state index in [0.717, 1.165) is 125 Å². The lowest BCUT2D eigenvalue weighted by molar-refractivity contribution is 0.0170. The van der Waals surface area contributed by atoms with Gasteiger partial charge in [-0.1, -0.05) is 0 Å². The summed E-state index contributed by atoms with van der Waals surface area (Å²) in [5, 5.41) is 15.6. The van der Waals surface area contributed by atoms with Gasteiger partial charge >= 0.3 is 12.2 Å². The van der Waals surface area contributed by atoms with Crippen LogP contribution in [0, 0.1) is 11.8 Å². The summed E-state index contributed by atoms with van der Waals surface area (Å²) in [5.74, 6) is 4.63. The van der Waals surface area contributed by atoms with E-state index in [-0.39, 0.29) is 12.2 Å². The molecule has 422 valence electrons. The van der Waals surface area contributed by atoms with E-state index in [1.54, 1.807) is 24.9 Å². The summed E-state index contributed by atoms with van der Waals surface area (Å²) >= 11 is 0. The van der Waals surface area contributed by atoms with Crippen LogP contribution in [-0.4, -0.2) is 122 Å². The Bertz CT molecular complexity index is 3040. The molecule has 0 radical (unpaired) electrons. The Balaban J connectivity index is 0.000000208. The monoisotopic (exact) mass is 1080 g/mol. The van der Waals surface area contributed by atoms with Crippen molar-refractivity contribution in [2.75, 3.05) is 55.8 Å². The molecular weight excluding hydrogens is 1000 g/mol. The van der Waals surface area contributed by atoms with Crippen LogP contribution in [0.4, 0.5) is 38.4 Å². The summed E-state index contributed by atoms with van der Waals surface area (Å²) in [6, 6.07) is 15.5. The number of aromatic nitrogens is 10. The molecule has 0 aliphatic carbocycles. The van der Waals surface area contributed by atoms with Crippen LogP contribution in [0.3, 0.4) is 0 Å². The smallest absolute Gasteiger partial charge is 0.410 e. The highest BCUT2D eigenvalue weighted by molar-refractivity contribution is 5.74. The van der Waals surface area contributed by atoms with Crippen LogP contribution in [0.15, 0.2) is 92.0 Å². The summed E-state index contributed by atoms with van der Waals surface area (Å²) in [6.07, 6.45) is 21.3. The van der Waals surface area contributed by atoms with Gasteiger partial charge in [-0.3, -0.25) is 13.9 Å². The van der Waals surface area contributed by atoms with Crippen molar-refractivity contribution in [2.24, 2.45) is 11.8 Å². The second-order valence-corrected chi connectivity index (χ2v) is 22.1. The summed E-state index contributed by atoms with van der Waals surface area (Å²) < 4.78 is 27.9. The molecule has 2 aliphatic heterocycles. The molecule has 2 saturated heterocycles. The van der Waals surface area contributed by atoms with E-state index in [1.807, 2.05) is 140 Å². The predicted octanol–water partition coefficient (Wildman–Crippen LogP) is 11.0. The number of amides is 2. The number of nitrogen functional groups attached to an aromatic ring is 1. The molecule has 9 rings (SSSR count). The third kappa shape index (κ3) is 17.3. The molecule has 2 aliphatic rings. The van der Waals surface area contributed by atoms with E-state index in [0.29, 0.717) is 65.9 Å². The Hall–Kier alpha value is -7.97. The van der Waals surface area contributed by atoms with Gasteiger partial charge in [0, 0.05) is 69.5 Å². The standard InChI is InChI=1S/C29H38N8O3.C29H41N7O3/c1-5-39-24-10-8-23(9-11-24)37-20-31-25-18-30-27(34-26(25)37)33-22-17-32-36(19-22)14-6-7-21-12-15-35(16-13-21)28(38)40-29(2,3)4;1-5-38-24-10-8-23(9-11-24)33-27-25(30)19-31-26(34-27)17-22-18-32-36(20-22)14-6-7-21-12-15-35(16-13-21)28(37)39-29(2,3)4/h8-11,17-21H,5-7,12-16H2,1-4H3,(H,30,33,34);8-11,18-21H,5-7,12-17,30H2,1-4H3,(H,31,33,34). The number of anilines is 5. The number of rotatable bonds is 19. The number of benzene rings is 2. The van der Waals surface area contributed by atoms with Gasteiger partial charge < -0.3 is 45.1 Å². The fourth-order valence-electron chi connectivity index (χ4n) is 9.51. The van der Waals surface area contributed by atoms with Gasteiger partial charge in [-0.15, -0.1) is 0 Å². The van der Waals surface area contributed by atoms with Crippen molar-refractivity contribution in [1.82, 2.24) is 58.8 Å². The molecule has 0 unspecified atom stereocenters. The molecule has 7 aromatic rings. The summed E-state index contributed by atoms with van der Waals surface area (Å²) in [5.41, 5.74) is 10.8. The van der Waals surface area contributed by atoms with Crippen LogP contribution in [0.2, 0.25) is 0 Å². The number of nitrogens with zero attached hydrogens (tertiary/aromatic N) is 12. The molecule has 2 fully saturated rings. The number of imidazole rings is 1. The van der Waals surface area contributed by atoms with Crippen LogP contribution < -0.4 is 25.8 Å². The SMILES string of the molecule is CCOc1ccc(-n2cnc3cnc(Nc4cnn(CCCC5CCN(C(=O)OC(C)(C)C)CC5)c4)nc32)cc1.CCOc1ccc(Nc2nc(Cc3cnn(CCCC4CCN(C(=O)OC(C)(C)C)CC4)c3)ncc2N)cc1. The Kier molecular flexibility index (Phi) is 19.3. The number of carbonyl (C=O) groups excluding carboxylic acids is 2. The number of likely N-dealkylation sites (tertiary alicyclic amines) is 2. The Morgan fingerprint density at radius 3 is 1.77 bits per heavy atom. The Labute approximate surface area is 463 Å². The van der Waals surface area contributed by atoms with E-state index in [4.69, 9.17) is 29.7 Å². The summed E-state index contributed by atoms with van der Waals surface area (Å²) in [4.78, 5) is 50.9. The number of hydrogen-bond acceptors (Lipinski definition) is 16. The van der Waals surface area contributed by atoms with Gasteiger partial charge in [-0.25, -0.2) is 29.5 Å². The highest BCUT2D eigenvalue weighted by Gasteiger charge is 2.28. The molecular formula is C58H79N15O6. The van der Waals surface area contributed by atoms with Crippen molar-refractivity contribution in [2.45, 2.75) is 137 Å². The molecule has 79 heavy (non-hydrogen) atoms. The quantitative estimate of drug-likeness (QED) is 0.0683. The molecule has 0 spiro atoms. The zero-order chi connectivity index (χ0) is 55.9. The van der Waals surface area contributed by atoms with E-state index in [9.17, 15) is 9.59 Å². The van der Waals surface area contributed by atoms with Gasteiger partial charge in [0.15, 0.2) is 11.5 Å². The molecule has 7 heterocycles. The third-order valence-electron chi connectivity index (χ3n) is 13.5. The summed E-state index contributed by atoms with van der Waals surface area (Å²) in [6.45, 7) is 21.3. The fraction of sp³-hybridized carbons (Fsp3) is 0.500. The van der Waals surface area contributed by atoms with Gasteiger partial charge in [0.05, 0.1) is 49.4 Å². The number of ether oxygens (including phenoxy) is 4. The number of piperidine rings is 2. The lowest BCUT2D eigenvalue weighted by Crippen LogP contribution is -2.41. The fourth-order valence-corrected chi connectivity index (χ4v) is 9.51. The molecule has 0 saturated carbocycles. The molecule has 2 amide bonds. The third-order valence-corrected chi connectivity index (χ3v) is 13.5. The second-order valence-electron chi connectivity index (χ2n) is 22.1. The first-order valence-electron chi connectivity index (χ1n) is 27.8. The van der Waals surface area contributed by atoms with Crippen molar-refractivity contribution < 1.29 is 28.5 Å². The van der Waals surface area contributed by atoms with Crippen molar-refractivity contribution in [3.05, 3.63) is 103 Å². The van der Waals surface area contributed by atoms with Crippen LogP contribution in [0.25, 0.3) is 16.9 Å². The first-order chi connectivity index (χ1) is 37.9. The highest BCUT2D eigenvalue weighted by atomic mass is 16.6. The van der Waals surface area contributed by atoms with Crippen molar-refractivity contribution >= 4 is 52.2 Å². The van der Waals surface area contributed by atoms with Crippen LogP contribution in [0.1, 0.15) is 118 Å². The van der Waals surface area contributed by atoms with Gasteiger partial charge in [-0.2, -0.15) is 15.2 Å². The minimum Gasteiger partial charge on any atom is -0.494 e. The number of nitrogens with one attached hydrogen (secondary N) is 2. The predicted molar refractivity (Wildman–Crippen MR) is 305 cm³/mol. The number of nitrogens with two attached hydrogens (primary N) is 1. The van der Waals surface area contributed by atoms with Crippen molar-refractivity contribution in [3.8, 4) is 17.2 Å².